The van der Waals surface area contributed by atoms with Gasteiger partial charge < -0.3 is 10.2 Å². The first kappa shape index (κ1) is 11.1. The summed E-state index contributed by atoms with van der Waals surface area (Å²) >= 11 is 1.92. The first-order valence-electron chi connectivity index (χ1n) is 5.72. The molecule has 0 spiro atoms. The average Bonchev–Trinajstić information content (AvgIpc) is 2.65. The quantitative estimate of drug-likeness (QED) is 0.844. The summed E-state index contributed by atoms with van der Waals surface area (Å²) < 4.78 is 0. The molecule has 0 bridgehead atoms. The van der Waals surface area contributed by atoms with Gasteiger partial charge in [-0.15, -0.1) is 11.3 Å². The molecule has 1 aromatic rings. The Balaban J connectivity index is 1.89. The van der Waals surface area contributed by atoms with Crippen LogP contribution in [0.3, 0.4) is 0 Å². The molecule has 2 rings (SSSR count). The van der Waals surface area contributed by atoms with Gasteiger partial charge in [-0.3, -0.25) is 0 Å². The SMILES string of the molecule is CN(C)CCNC1CCCc2sccc21. The largest absolute Gasteiger partial charge is 0.309 e. The summed E-state index contributed by atoms with van der Waals surface area (Å²) in [4.78, 5) is 3.83. The van der Waals surface area contributed by atoms with E-state index in [1.165, 1.54) is 19.3 Å². The number of aryl methyl sites for hydroxylation is 1. The van der Waals surface area contributed by atoms with Crippen molar-refractivity contribution in [1.29, 1.82) is 0 Å². The molecule has 1 aliphatic carbocycles. The maximum Gasteiger partial charge on any atom is 0.0331 e. The average molecular weight is 224 g/mol. The van der Waals surface area contributed by atoms with Crippen LogP contribution in [0.5, 0.6) is 0 Å². The Labute approximate surface area is 96.3 Å². The summed E-state index contributed by atoms with van der Waals surface area (Å²) in [6.07, 6.45) is 3.93. The maximum absolute atomic E-state index is 3.66. The smallest absolute Gasteiger partial charge is 0.0331 e. The second-order valence-corrected chi connectivity index (χ2v) is 5.50. The lowest BCUT2D eigenvalue weighted by atomic mass is 9.94. The van der Waals surface area contributed by atoms with E-state index in [0.29, 0.717) is 6.04 Å². The number of rotatable bonds is 4. The second-order valence-electron chi connectivity index (χ2n) is 4.50. The Kier molecular flexibility index (Phi) is 3.78. The zero-order valence-electron chi connectivity index (χ0n) is 9.62. The van der Waals surface area contributed by atoms with E-state index in [1.807, 2.05) is 11.3 Å². The summed E-state index contributed by atoms with van der Waals surface area (Å²) in [5.74, 6) is 0. The van der Waals surface area contributed by atoms with Crippen molar-refractivity contribution in [2.45, 2.75) is 25.3 Å². The minimum atomic E-state index is 0.611. The fourth-order valence-electron chi connectivity index (χ4n) is 2.16. The molecule has 1 aromatic heterocycles. The van der Waals surface area contributed by atoms with Crippen LogP contribution in [0.4, 0.5) is 0 Å². The van der Waals surface area contributed by atoms with Crippen molar-refractivity contribution < 1.29 is 0 Å². The molecule has 0 saturated carbocycles. The molecular weight excluding hydrogens is 204 g/mol. The van der Waals surface area contributed by atoms with Crippen molar-refractivity contribution in [1.82, 2.24) is 10.2 Å². The van der Waals surface area contributed by atoms with Crippen LogP contribution in [0.25, 0.3) is 0 Å². The molecule has 1 heterocycles. The van der Waals surface area contributed by atoms with Gasteiger partial charge in [-0.1, -0.05) is 0 Å². The van der Waals surface area contributed by atoms with Crippen LogP contribution in [0.1, 0.15) is 29.3 Å². The predicted octanol–water partition coefficient (Wildman–Crippen LogP) is 2.28. The number of fused-ring (bicyclic) bond motifs is 1. The van der Waals surface area contributed by atoms with Gasteiger partial charge in [-0.2, -0.15) is 0 Å². The van der Waals surface area contributed by atoms with E-state index >= 15 is 0 Å². The van der Waals surface area contributed by atoms with Crippen molar-refractivity contribution >= 4 is 11.3 Å². The van der Waals surface area contributed by atoms with Crippen molar-refractivity contribution in [2.24, 2.45) is 0 Å². The standard InChI is InChI=1S/C12H20N2S/c1-14(2)8-7-13-11-4-3-5-12-10(11)6-9-15-12/h6,9,11,13H,3-5,7-8H2,1-2H3. The Hall–Kier alpha value is -0.380. The summed E-state index contributed by atoms with van der Waals surface area (Å²) in [6, 6.07) is 2.91. The van der Waals surface area contributed by atoms with Crippen molar-refractivity contribution in [3.8, 4) is 0 Å². The molecule has 0 amide bonds. The lowest BCUT2D eigenvalue weighted by Crippen LogP contribution is -2.31. The minimum absolute atomic E-state index is 0.611. The highest BCUT2D eigenvalue weighted by Gasteiger charge is 2.20. The van der Waals surface area contributed by atoms with Gasteiger partial charge in [0, 0.05) is 24.0 Å². The number of nitrogens with one attached hydrogen (secondary N) is 1. The molecule has 0 aliphatic heterocycles. The fourth-order valence-corrected chi connectivity index (χ4v) is 3.15. The zero-order chi connectivity index (χ0) is 10.7. The number of likely N-dealkylation sites (N-methyl/N-ethyl adjacent to an activating group) is 1. The summed E-state index contributed by atoms with van der Waals surface area (Å²) in [5, 5.41) is 5.89. The Morgan fingerprint density at radius 2 is 2.40 bits per heavy atom. The van der Waals surface area contributed by atoms with E-state index < -0.39 is 0 Å². The van der Waals surface area contributed by atoms with Crippen molar-refractivity contribution in [3.05, 3.63) is 21.9 Å². The van der Waals surface area contributed by atoms with Crippen molar-refractivity contribution in [2.75, 3.05) is 27.2 Å². The summed E-state index contributed by atoms with van der Waals surface area (Å²) in [7, 11) is 4.25. The molecule has 0 saturated heterocycles. The van der Waals surface area contributed by atoms with Gasteiger partial charge in [0.15, 0.2) is 0 Å². The molecule has 0 aromatic carbocycles. The molecule has 1 unspecified atom stereocenters. The number of hydrogen-bond acceptors (Lipinski definition) is 3. The van der Waals surface area contributed by atoms with E-state index in [2.05, 4.69) is 35.8 Å². The molecule has 1 atom stereocenters. The van der Waals surface area contributed by atoms with E-state index in [1.54, 1.807) is 10.4 Å². The lowest BCUT2D eigenvalue weighted by Gasteiger charge is -2.24. The van der Waals surface area contributed by atoms with E-state index in [-0.39, 0.29) is 0 Å². The van der Waals surface area contributed by atoms with E-state index in [9.17, 15) is 0 Å². The molecule has 0 radical (unpaired) electrons. The summed E-state index contributed by atoms with van der Waals surface area (Å²) in [5.41, 5.74) is 1.56. The molecular formula is C12H20N2S. The lowest BCUT2D eigenvalue weighted by molar-refractivity contribution is 0.373. The Morgan fingerprint density at radius 3 is 3.20 bits per heavy atom. The monoisotopic (exact) mass is 224 g/mol. The predicted molar refractivity (Wildman–Crippen MR) is 66.6 cm³/mol. The van der Waals surface area contributed by atoms with Gasteiger partial charge in [0.1, 0.15) is 0 Å². The van der Waals surface area contributed by atoms with Gasteiger partial charge in [0.25, 0.3) is 0 Å². The van der Waals surface area contributed by atoms with Crippen LogP contribution in [0, 0.1) is 0 Å². The number of thiophene rings is 1. The third-order valence-corrected chi connectivity index (χ3v) is 4.00. The van der Waals surface area contributed by atoms with E-state index in [0.717, 1.165) is 13.1 Å². The molecule has 3 heteroatoms. The maximum atomic E-state index is 3.66. The Morgan fingerprint density at radius 1 is 1.53 bits per heavy atom. The first-order valence-corrected chi connectivity index (χ1v) is 6.59. The van der Waals surface area contributed by atoms with Gasteiger partial charge in [0.05, 0.1) is 0 Å². The molecule has 1 aliphatic rings. The van der Waals surface area contributed by atoms with Crippen LogP contribution in [0.2, 0.25) is 0 Å². The topological polar surface area (TPSA) is 15.3 Å². The highest BCUT2D eigenvalue weighted by atomic mass is 32.1. The van der Waals surface area contributed by atoms with Crippen LogP contribution < -0.4 is 5.32 Å². The van der Waals surface area contributed by atoms with Crippen LogP contribution >= 0.6 is 11.3 Å². The van der Waals surface area contributed by atoms with Gasteiger partial charge in [-0.25, -0.2) is 0 Å². The molecule has 84 valence electrons. The first-order chi connectivity index (χ1) is 7.27. The number of hydrogen-bond donors (Lipinski definition) is 1. The molecule has 15 heavy (non-hydrogen) atoms. The molecule has 0 fully saturated rings. The van der Waals surface area contributed by atoms with Crippen LogP contribution in [-0.4, -0.2) is 32.1 Å². The normalized spacial score (nSPS) is 20.6. The minimum Gasteiger partial charge on any atom is -0.309 e. The van der Waals surface area contributed by atoms with Gasteiger partial charge in [-0.05, 0) is 50.4 Å². The van der Waals surface area contributed by atoms with Crippen molar-refractivity contribution in [3.63, 3.8) is 0 Å². The third-order valence-electron chi connectivity index (χ3n) is 3.00. The highest BCUT2D eigenvalue weighted by Crippen LogP contribution is 2.32. The molecule has 2 nitrogen and oxygen atoms in total. The highest BCUT2D eigenvalue weighted by molar-refractivity contribution is 7.10. The van der Waals surface area contributed by atoms with Crippen LogP contribution in [-0.2, 0) is 6.42 Å². The Bertz CT molecular complexity index is 306. The summed E-state index contributed by atoms with van der Waals surface area (Å²) in [6.45, 7) is 2.21. The second kappa shape index (κ2) is 5.10. The van der Waals surface area contributed by atoms with Gasteiger partial charge >= 0.3 is 0 Å². The fraction of sp³-hybridized carbons (Fsp3) is 0.667. The number of nitrogens with zero attached hydrogens (tertiary/aromatic N) is 1. The van der Waals surface area contributed by atoms with E-state index in [4.69, 9.17) is 0 Å². The zero-order valence-corrected chi connectivity index (χ0v) is 10.4. The van der Waals surface area contributed by atoms with Gasteiger partial charge in [0.2, 0.25) is 0 Å². The van der Waals surface area contributed by atoms with Crippen LogP contribution in [0.15, 0.2) is 11.4 Å². The molecule has 1 N–H and O–H groups in total. The third kappa shape index (κ3) is 2.80.